The Morgan fingerprint density at radius 3 is 2.42 bits per heavy atom. The van der Waals surface area contributed by atoms with E-state index in [9.17, 15) is 9.59 Å². The van der Waals surface area contributed by atoms with Crippen LogP contribution in [0.15, 0.2) is 24.3 Å². The van der Waals surface area contributed by atoms with Crippen LogP contribution in [0.1, 0.15) is 31.2 Å². The molecule has 6 nitrogen and oxygen atoms in total. The molecule has 1 aliphatic carbocycles. The van der Waals surface area contributed by atoms with E-state index in [0.29, 0.717) is 12.5 Å². The van der Waals surface area contributed by atoms with E-state index in [1.54, 1.807) is 0 Å². The van der Waals surface area contributed by atoms with E-state index in [-0.39, 0.29) is 24.3 Å². The summed E-state index contributed by atoms with van der Waals surface area (Å²) in [7, 11) is 0. The fourth-order valence-corrected chi connectivity index (χ4v) is 3.28. The van der Waals surface area contributed by atoms with Crippen LogP contribution in [0, 0.1) is 11.8 Å². The summed E-state index contributed by atoms with van der Waals surface area (Å²) in [5.41, 5.74) is 7.42. The number of nitrogens with zero attached hydrogens (tertiary/aromatic N) is 1. The molecule has 1 heterocycles. The Balaban J connectivity index is 1.34. The summed E-state index contributed by atoms with van der Waals surface area (Å²) in [5.74, 6) is 0.446. The second-order valence-electron chi connectivity index (χ2n) is 7.47. The van der Waals surface area contributed by atoms with Gasteiger partial charge >= 0.3 is 0 Å². The summed E-state index contributed by atoms with van der Waals surface area (Å²) in [5, 5.41) is 2.87. The number of nitrogens with one attached hydrogen (secondary N) is 1. The normalized spacial score (nSPS) is 18.6. The van der Waals surface area contributed by atoms with Crippen molar-refractivity contribution in [1.82, 2.24) is 4.90 Å². The van der Waals surface area contributed by atoms with Crippen LogP contribution >= 0.6 is 0 Å². The van der Waals surface area contributed by atoms with Crippen LogP contribution in [0.2, 0.25) is 0 Å². The van der Waals surface area contributed by atoms with E-state index in [4.69, 9.17) is 10.5 Å². The first-order valence-corrected chi connectivity index (χ1v) is 9.58. The van der Waals surface area contributed by atoms with Gasteiger partial charge < -0.3 is 20.7 Å². The molecule has 0 bridgehead atoms. The fourth-order valence-electron chi connectivity index (χ4n) is 3.28. The molecule has 2 fully saturated rings. The molecule has 1 aromatic rings. The molecule has 1 saturated carbocycles. The van der Waals surface area contributed by atoms with E-state index < -0.39 is 0 Å². The van der Waals surface area contributed by atoms with E-state index in [2.05, 4.69) is 22.3 Å². The molecule has 0 spiro atoms. The third-order valence-corrected chi connectivity index (χ3v) is 5.23. The SMILES string of the molecule is NC(=O)C1CCN(CCc2ccc(NC(=O)COCC3CC3)cc2)CC1. The zero-order valence-corrected chi connectivity index (χ0v) is 15.3. The predicted molar refractivity (Wildman–Crippen MR) is 101 cm³/mol. The number of hydrogen-bond acceptors (Lipinski definition) is 4. The van der Waals surface area contributed by atoms with Crippen molar-refractivity contribution in [2.24, 2.45) is 17.6 Å². The Labute approximate surface area is 155 Å². The summed E-state index contributed by atoms with van der Waals surface area (Å²) in [6, 6.07) is 7.98. The number of ether oxygens (including phenoxy) is 1. The zero-order chi connectivity index (χ0) is 18.4. The number of nitrogens with two attached hydrogens (primary N) is 1. The molecule has 1 saturated heterocycles. The molecular weight excluding hydrogens is 330 g/mol. The maximum Gasteiger partial charge on any atom is 0.250 e. The lowest BCUT2D eigenvalue weighted by molar-refractivity contribution is -0.123. The lowest BCUT2D eigenvalue weighted by atomic mass is 9.96. The first-order chi connectivity index (χ1) is 12.6. The number of amides is 2. The largest absolute Gasteiger partial charge is 0.371 e. The summed E-state index contributed by atoms with van der Waals surface area (Å²) < 4.78 is 5.40. The maximum atomic E-state index is 11.8. The highest BCUT2D eigenvalue weighted by molar-refractivity contribution is 5.91. The smallest absolute Gasteiger partial charge is 0.250 e. The number of rotatable bonds is 9. The number of benzene rings is 1. The van der Waals surface area contributed by atoms with E-state index in [1.165, 1.54) is 18.4 Å². The van der Waals surface area contributed by atoms with Crippen LogP contribution in [-0.2, 0) is 20.7 Å². The van der Waals surface area contributed by atoms with Gasteiger partial charge in [-0.05, 0) is 68.8 Å². The van der Waals surface area contributed by atoms with Crippen molar-refractivity contribution in [3.8, 4) is 0 Å². The number of carbonyl (C=O) groups is 2. The molecule has 1 aliphatic heterocycles. The lowest BCUT2D eigenvalue weighted by Gasteiger charge is -2.30. The van der Waals surface area contributed by atoms with Crippen LogP contribution in [0.3, 0.4) is 0 Å². The highest BCUT2D eigenvalue weighted by Crippen LogP contribution is 2.28. The molecule has 2 amide bonds. The maximum absolute atomic E-state index is 11.8. The molecule has 0 atom stereocenters. The average molecular weight is 359 g/mol. The molecule has 0 radical (unpaired) electrons. The van der Waals surface area contributed by atoms with Crippen LogP contribution in [0.4, 0.5) is 5.69 Å². The fraction of sp³-hybridized carbons (Fsp3) is 0.600. The first kappa shape index (κ1) is 18.9. The Morgan fingerprint density at radius 2 is 1.81 bits per heavy atom. The Kier molecular flexibility index (Phi) is 6.63. The third-order valence-electron chi connectivity index (χ3n) is 5.23. The topological polar surface area (TPSA) is 84.7 Å². The van der Waals surface area contributed by atoms with Gasteiger partial charge in [0.05, 0.1) is 6.61 Å². The lowest BCUT2D eigenvalue weighted by Crippen LogP contribution is -2.39. The van der Waals surface area contributed by atoms with Gasteiger partial charge in [0.25, 0.3) is 0 Å². The summed E-state index contributed by atoms with van der Waals surface area (Å²) in [6.45, 7) is 3.67. The van der Waals surface area contributed by atoms with Gasteiger partial charge in [-0.1, -0.05) is 12.1 Å². The highest BCUT2D eigenvalue weighted by atomic mass is 16.5. The molecule has 6 heteroatoms. The molecule has 26 heavy (non-hydrogen) atoms. The van der Waals surface area contributed by atoms with Crippen LogP contribution in [0.5, 0.6) is 0 Å². The molecule has 3 rings (SSSR count). The van der Waals surface area contributed by atoms with Crippen molar-refractivity contribution in [3.05, 3.63) is 29.8 Å². The molecule has 1 aromatic carbocycles. The summed E-state index contributed by atoms with van der Waals surface area (Å²) in [6.07, 6.45) is 5.14. The molecule has 142 valence electrons. The Morgan fingerprint density at radius 1 is 1.12 bits per heavy atom. The predicted octanol–water partition coefficient (Wildman–Crippen LogP) is 1.79. The molecule has 0 unspecified atom stereocenters. The van der Waals surface area contributed by atoms with Crippen molar-refractivity contribution in [2.45, 2.75) is 32.1 Å². The summed E-state index contributed by atoms with van der Waals surface area (Å²) in [4.78, 5) is 25.4. The summed E-state index contributed by atoms with van der Waals surface area (Å²) >= 11 is 0. The minimum Gasteiger partial charge on any atom is -0.371 e. The van der Waals surface area contributed by atoms with Crippen molar-refractivity contribution in [1.29, 1.82) is 0 Å². The Hall–Kier alpha value is -1.92. The van der Waals surface area contributed by atoms with Gasteiger partial charge in [0.1, 0.15) is 6.61 Å². The van der Waals surface area contributed by atoms with Gasteiger partial charge in [0, 0.05) is 18.2 Å². The zero-order valence-electron chi connectivity index (χ0n) is 15.3. The Bertz CT molecular complexity index is 605. The van der Waals surface area contributed by atoms with Crippen molar-refractivity contribution < 1.29 is 14.3 Å². The van der Waals surface area contributed by atoms with Crippen LogP contribution < -0.4 is 11.1 Å². The van der Waals surface area contributed by atoms with E-state index in [1.807, 2.05) is 12.1 Å². The first-order valence-electron chi connectivity index (χ1n) is 9.58. The van der Waals surface area contributed by atoms with Gasteiger partial charge in [-0.3, -0.25) is 9.59 Å². The number of hydrogen-bond donors (Lipinski definition) is 2. The molecule has 0 aromatic heterocycles. The molecule has 2 aliphatic rings. The van der Waals surface area contributed by atoms with E-state index in [0.717, 1.165) is 44.6 Å². The van der Waals surface area contributed by atoms with Gasteiger partial charge in [-0.2, -0.15) is 0 Å². The monoisotopic (exact) mass is 359 g/mol. The second kappa shape index (κ2) is 9.14. The van der Waals surface area contributed by atoms with Gasteiger partial charge in [0.15, 0.2) is 0 Å². The molecular formula is C20H29N3O3. The van der Waals surface area contributed by atoms with E-state index >= 15 is 0 Å². The van der Waals surface area contributed by atoms with Gasteiger partial charge in [-0.15, -0.1) is 0 Å². The number of carbonyl (C=O) groups excluding carboxylic acids is 2. The minimum absolute atomic E-state index is 0.0439. The molecule has 3 N–H and O–H groups in total. The van der Waals surface area contributed by atoms with Crippen LogP contribution in [-0.4, -0.2) is 49.6 Å². The van der Waals surface area contributed by atoms with Gasteiger partial charge in [-0.25, -0.2) is 0 Å². The number of anilines is 1. The standard InChI is InChI=1S/C20H29N3O3/c21-20(25)17-8-11-23(12-9-17)10-7-15-3-5-18(6-4-15)22-19(24)14-26-13-16-1-2-16/h3-6,16-17H,1-2,7-14H2,(H2,21,25)(H,22,24). The van der Waals surface area contributed by atoms with Gasteiger partial charge in [0.2, 0.25) is 11.8 Å². The quantitative estimate of drug-likeness (QED) is 0.704. The van der Waals surface area contributed by atoms with Crippen LogP contribution in [0.25, 0.3) is 0 Å². The second-order valence-corrected chi connectivity index (χ2v) is 7.47. The van der Waals surface area contributed by atoms with Crippen molar-refractivity contribution in [3.63, 3.8) is 0 Å². The van der Waals surface area contributed by atoms with Crippen molar-refractivity contribution >= 4 is 17.5 Å². The highest BCUT2D eigenvalue weighted by Gasteiger charge is 2.23. The van der Waals surface area contributed by atoms with Crippen molar-refractivity contribution in [2.75, 3.05) is 38.2 Å². The third kappa shape index (κ3) is 6.11. The minimum atomic E-state index is -0.166. The number of likely N-dealkylation sites (tertiary alicyclic amines) is 1. The number of primary amides is 1. The number of piperidine rings is 1. The average Bonchev–Trinajstić information content (AvgIpc) is 3.46.